The van der Waals surface area contributed by atoms with Crippen LogP contribution < -0.4 is 10.5 Å². The highest BCUT2D eigenvalue weighted by molar-refractivity contribution is 6.03. The molecule has 0 spiro atoms. The number of rotatable bonds is 3. The molecule has 0 amide bonds. The van der Waals surface area contributed by atoms with E-state index in [-0.39, 0.29) is 5.78 Å². The maximum absolute atomic E-state index is 12.4. The second-order valence-electron chi connectivity index (χ2n) is 4.15. The van der Waals surface area contributed by atoms with E-state index in [0.29, 0.717) is 37.5 Å². The number of pyridine rings is 1. The summed E-state index contributed by atoms with van der Waals surface area (Å²) in [5.41, 5.74) is 5.56. The first-order valence-corrected chi connectivity index (χ1v) is 5.58. The molecule has 0 bridgehead atoms. The van der Waals surface area contributed by atoms with Crippen LogP contribution in [-0.2, 0) is 4.74 Å². The van der Waals surface area contributed by atoms with Gasteiger partial charge in [-0.15, -0.1) is 0 Å². The van der Waals surface area contributed by atoms with Crippen LogP contribution in [0.2, 0.25) is 0 Å². The van der Waals surface area contributed by atoms with Crippen LogP contribution in [0.25, 0.3) is 0 Å². The summed E-state index contributed by atoms with van der Waals surface area (Å²) < 4.78 is 10.4. The number of methoxy groups -OCH3 is 1. The molecule has 0 atom stereocenters. The zero-order valence-electron chi connectivity index (χ0n) is 9.81. The van der Waals surface area contributed by atoms with E-state index in [0.717, 1.165) is 0 Å². The van der Waals surface area contributed by atoms with Crippen LogP contribution in [0.3, 0.4) is 0 Å². The molecule has 1 saturated heterocycles. The summed E-state index contributed by atoms with van der Waals surface area (Å²) in [6, 6.07) is 3.44. The molecule has 1 aliphatic heterocycles. The van der Waals surface area contributed by atoms with Crippen molar-refractivity contribution in [1.29, 1.82) is 0 Å². The summed E-state index contributed by atoms with van der Waals surface area (Å²) in [6.45, 7) is 1.02. The van der Waals surface area contributed by atoms with Crippen LogP contribution in [0.15, 0.2) is 18.3 Å². The van der Waals surface area contributed by atoms with Gasteiger partial charge >= 0.3 is 0 Å². The zero-order chi connectivity index (χ0) is 12.3. The summed E-state index contributed by atoms with van der Waals surface area (Å²) in [5.74, 6) is 0.298. The average Bonchev–Trinajstić information content (AvgIpc) is 2.38. The third-order valence-electron chi connectivity index (χ3n) is 3.04. The number of hydrogen-bond donors (Lipinski definition) is 1. The molecule has 2 N–H and O–H groups in total. The van der Waals surface area contributed by atoms with Crippen molar-refractivity contribution in [3.05, 3.63) is 24.0 Å². The molecule has 5 heteroatoms. The van der Waals surface area contributed by atoms with Crippen molar-refractivity contribution in [2.45, 2.75) is 18.4 Å². The third kappa shape index (κ3) is 2.30. The van der Waals surface area contributed by atoms with Crippen LogP contribution >= 0.6 is 0 Å². The summed E-state index contributed by atoms with van der Waals surface area (Å²) in [5, 5.41) is 0. The van der Waals surface area contributed by atoms with Gasteiger partial charge in [0.1, 0.15) is 11.4 Å². The van der Waals surface area contributed by atoms with E-state index in [1.165, 1.54) is 7.11 Å². The topological polar surface area (TPSA) is 74.4 Å². The van der Waals surface area contributed by atoms with Gasteiger partial charge in [0.05, 0.1) is 12.6 Å². The number of Topliss-reactive ketones (excluding diaryl/α,β-unsaturated/α-hetero) is 1. The Hall–Kier alpha value is -1.46. The molecule has 1 aromatic heterocycles. The molecular weight excluding hydrogens is 220 g/mol. The fourth-order valence-corrected chi connectivity index (χ4v) is 1.92. The van der Waals surface area contributed by atoms with E-state index < -0.39 is 5.54 Å². The molecule has 2 heterocycles. The molecule has 0 aromatic carbocycles. The minimum atomic E-state index is -0.875. The Morgan fingerprint density at radius 2 is 2.24 bits per heavy atom. The van der Waals surface area contributed by atoms with Gasteiger partial charge in [-0.1, -0.05) is 0 Å². The predicted octanol–water partition coefficient (Wildman–Crippen LogP) is 0.781. The fraction of sp³-hybridized carbons (Fsp3) is 0.500. The number of carbonyl (C=O) groups excluding carboxylic acids is 1. The third-order valence-corrected chi connectivity index (χ3v) is 3.04. The van der Waals surface area contributed by atoms with Gasteiger partial charge in [0.25, 0.3) is 0 Å². The van der Waals surface area contributed by atoms with E-state index >= 15 is 0 Å². The minimum absolute atomic E-state index is 0.168. The maximum Gasteiger partial charge on any atom is 0.204 e. The molecule has 1 aromatic rings. The van der Waals surface area contributed by atoms with Crippen LogP contribution in [0.5, 0.6) is 5.75 Å². The molecule has 0 radical (unpaired) electrons. The first-order valence-electron chi connectivity index (χ1n) is 5.58. The lowest BCUT2D eigenvalue weighted by Gasteiger charge is -2.31. The Kier molecular flexibility index (Phi) is 3.40. The number of hydrogen-bond acceptors (Lipinski definition) is 5. The number of nitrogens with zero attached hydrogens (tertiary/aromatic N) is 1. The van der Waals surface area contributed by atoms with Crippen LogP contribution in [0, 0.1) is 0 Å². The van der Waals surface area contributed by atoms with Crippen molar-refractivity contribution < 1.29 is 14.3 Å². The van der Waals surface area contributed by atoms with Crippen molar-refractivity contribution in [3.8, 4) is 5.75 Å². The number of carbonyl (C=O) groups is 1. The minimum Gasteiger partial charge on any atom is -0.494 e. The highest BCUT2D eigenvalue weighted by Gasteiger charge is 2.38. The number of ether oxygens (including phenoxy) is 2. The summed E-state index contributed by atoms with van der Waals surface area (Å²) in [4.78, 5) is 16.5. The average molecular weight is 236 g/mol. The number of aromatic nitrogens is 1. The van der Waals surface area contributed by atoms with Gasteiger partial charge in [-0.25, -0.2) is 4.98 Å². The Morgan fingerprint density at radius 1 is 1.53 bits per heavy atom. The second kappa shape index (κ2) is 4.81. The van der Waals surface area contributed by atoms with Crippen molar-refractivity contribution in [2.24, 2.45) is 5.73 Å². The van der Waals surface area contributed by atoms with Gasteiger partial charge < -0.3 is 15.2 Å². The standard InChI is InChI=1S/C12H16N2O3/c1-16-9-3-2-6-14-10(9)11(15)12(13)4-7-17-8-5-12/h2-3,6H,4-5,7-8,13H2,1H3. The summed E-state index contributed by atoms with van der Waals surface area (Å²) in [6.07, 6.45) is 2.61. The molecule has 5 nitrogen and oxygen atoms in total. The maximum atomic E-state index is 12.4. The first-order chi connectivity index (χ1) is 8.17. The van der Waals surface area contributed by atoms with Gasteiger partial charge in [0.15, 0.2) is 0 Å². The van der Waals surface area contributed by atoms with Crippen molar-refractivity contribution >= 4 is 5.78 Å². The second-order valence-corrected chi connectivity index (χ2v) is 4.15. The van der Waals surface area contributed by atoms with E-state index in [1.807, 2.05) is 0 Å². The summed E-state index contributed by atoms with van der Waals surface area (Å²) in [7, 11) is 1.51. The van der Waals surface area contributed by atoms with Crippen LogP contribution in [0.4, 0.5) is 0 Å². The monoisotopic (exact) mass is 236 g/mol. The zero-order valence-corrected chi connectivity index (χ0v) is 9.81. The Labute approximate surface area is 99.9 Å². The molecule has 0 unspecified atom stereocenters. The Balaban J connectivity index is 2.29. The molecule has 0 aliphatic carbocycles. The first kappa shape index (κ1) is 12.0. The van der Waals surface area contributed by atoms with E-state index in [1.54, 1.807) is 18.3 Å². The van der Waals surface area contributed by atoms with Gasteiger partial charge in [-0.3, -0.25) is 4.79 Å². The summed E-state index contributed by atoms with van der Waals surface area (Å²) >= 11 is 0. The molecular formula is C12H16N2O3. The Bertz CT molecular complexity index is 414. The van der Waals surface area contributed by atoms with Crippen molar-refractivity contribution in [1.82, 2.24) is 4.98 Å². The molecule has 2 rings (SSSR count). The lowest BCUT2D eigenvalue weighted by atomic mass is 9.85. The van der Waals surface area contributed by atoms with Crippen molar-refractivity contribution in [2.75, 3.05) is 20.3 Å². The normalized spacial score (nSPS) is 18.7. The molecule has 1 fully saturated rings. The highest BCUT2D eigenvalue weighted by Crippen LogP contribution is 2.26. The molecule has 17 heavy (non-hydrogen) atoms. The lowest BCUT2D eigenvalue weighted by molar-refractivity contribution is 0.0442. The predicted molar refractivity (Wildman–Crippen MR) is 62.1 cm³/mol. The van der Waals surface area contributed by atoms with Gasteiger partial charge in [-0.2, -0.15) is 0 Å². The molecule has 1 aliphatic rings. The smallest absolute Gasteiger partial charge is 0.204 e. The van der Waals surface area contributed by atoms with Crippen LogP contribution in [-0.4, -0.2) is 36.6 Å². The van der Waals surface area contributed by atoms with Gasteiger partial charge in [0.2, 0.25) is 5.78 Å². The fourth-order valence-electron chi connectivity index (χ4n) is 1.92. The van der Waals surface area contributed by atoms with E-state index in [9.17, 15) is 4.79 Å². The number of nitrogens with two attached hydrogens (primary N) is 1. The van der Waals surface area contributed by atoms with E-state index in [4.69, 9.17) is 15.2 Å². The molecule has 92 valence electrons. The van der Waals surface area contributed by atoms with Gasteiger partial charge in [0, 0.05) is 19.4 Å². The largest absolute Gasteiger partial charge is 0.494 e. The number of ketones is 1. The Morgan fingerprint density at radius 3 is 2.88 bits per heavy atom. The molecule has 0 saturated carbocycles. The lowest BCUT2D eigenvalue weighted by Crippen LogP contribution is -2.52. The van der Waals surface area contributed by atoms with Crippen LogP contribution in [0.1, 0.15) is 23.3 Å². The highest BCUT2D eigenvalue weighted by atomic mass is 16.5. The van der Waals surface area contributed by atoms with Crippen molar-refractivity contribution in [3.63, 3.8) is 0 Å². The van der Waals surface area contributed by atoms with E-state index in [2.05, 4.69) is 4.98 Å². The van der Waals surface area contributed by atoms with Gasteiger partial charge in [-0.05, 0) is 25.0 Å². The quantitative estimate of drug-likeness (QED) is 0.785. The SMILES string of the molecule is COc1cccnc1C(=O)C1(N)CCOCC1.